The second kappa shape index (κ2) is 12.4. The van der Waals surface area contributed by atoms with Crippen LogP contribution in [0.25, 0.3) is 0 Å². The van der Waals surface area contributed by atoms with Crippen molar-refractivity contribution in [3.05, 3.63) is 106 Å². The van der Waals surface area contributed by atoms with Gasteiger partial charge in [0, 0.05) is 24.0 Å². The zero-order valence-corrected chi connectivity index (χ0v) is 20.9. The van der Waals surface area contributed by atoms with Crippen molar-refractivity contribution in [1.82, 2.24) is 10.2 Å². The number of halogens is 1. The molecule has 2 atom stereocenters. The first-order chi connectivity index (χ1) is 16.4. The van der Waals surface area contributed by atoms with Crippen molar-refractivity contribution in [2.75, 3.05) is 0 Å². The summed E-state index contributed by atoms with van der Waals surface area (Å²) in [6.07, 6.45) is 1.43. The first-order valence-corrected chi connectivity index (χ1v) is 12.2. The Hall–Kier alpha value is -3.11. The van der Waals surface area contributed by atoms with Crippen molar-refractivity contribution < 1.29 is 9.59 Å². The molecule has 0 saturated heterocycles. The minimum atomic E-state index is -0.636. The molecule has 2 amide bonds. The standard InChI is InChI=1S/C29H33ClN2O2/c1-4-22(3)31-29(34)27(18-23-11-6-5-7-12-23)32(20-25-14-8-10-21(2)16-25)28(33)19-24-13-9-15-26(30)17-24/h5-17,22,27H,4,18-20H2,1-3H3,(H,31,34). The molecule has 4 nitrogen and oxygen atoms in total. The molecule has 1 N–H and O–H groups in total. The second-order valence-electron chi connectivity index (χ2n) is 8.84. The van der Waals surface area contributed by atoms with Gasteiger partial charge < -0.3 is 10.2 Å². The minimum Gasteiger partial charge on any atom is -0.352 e. The highest BCUT2D eigenvalue weighted by Crippen LogP contribution is 2.19. The molecule has 2 unspecified atom stereocenters. The summed E-state index contributed by atoms with van der Waals surface area (Å²) in [6.45, 7) is 6.40. The quantitative estimate of drug-likeness (QED) is 0.405. The molecule has 3 aromatic rings. The summed E-state index contributed by atoms with van der Waals surface area (Å²) in [4.78, 5) is 28.9. The lowest BCUT2D eigenvalue weighted by atomic mass is 10.0. The minimum absolute atomic E-state index is 0.0228. The molecule has 0 aromatic heterocycles. The maximum atomic E-state index is 13.7. The maximum absolute atomic E-state index is 13.7. The normalized spacial score (nSPS) is 12.6. The van der Waals surface area contributed by atoms with Gasteiger partial charge in [-0.1, -0.05) is 90.8 Å². The lowest BCUT2D eigenvalue weighted by molar-refractivity contribution is -0.141. The first kappa shape index (κ1) is 25.5. The zero-order valence-electron chi connectivity index (χ0n) is 20.1. The van der Waals surface area contributed by atoms with Gasteiger partial charge in [0.25, 0.3) is 0 Å². The van der Waals surface area contributed by atoms with Crippen LogP contribution in [-0.4, -0.2) is 28.8 Å². The molecule has 0 saturated carbocycles. The Morgan fingerprint density at radius 2 is 1.59 bits per heavy atom. The molecule has 0 spiro atoms. The van der Waals surface area contributed by atoms with Crippen LogP contribution < -0.4 is 5.32 Å². The molecule has 3 rings (SSSR count). The third kappa shape index (κ3) is 7.46. The van der Waals surface area contributed by atoms with Gasteiger partial charge in [0.2, 0.25) is 11.8 Å². The molecule has 0 radical (unpaired) electrons. The summed E-state index contributed by atoms with van der Waals surface area (Å²) in [7, 11) is 0. The molecule has 0 bridgehead atoms. The topological polar surface area (TPSA) is 49.4 Å². The van der Waals surface area contributed by atoms with Crippen LogP contribution in [0.3, 0.4) is 0 Å². The number of carbonyl (C=O) groups is 2. The van der Waals surface area contributed by atoms with E-state index in [1.54, 1.807) is 17.0 Å². The summed E-state index contributed by atoms with van der Waals surface area (Å²) in [5.41, 5.74) is 3.95. The molecule has 0 aliphatic heterocycles. The number of benzene rings is 3. The van der Waals surface area contributed by atoms with Crippen LogP contribution in [0.4, 0.5) is 0 Å². The van der Waals surface area contributed by atoms with E-state index in [0.29, 0.717) is 18.0 Å². The van der Waals surface area contributed by atoms with Crippen LogP contribution >= 0.6 is 11.6 Å². The number of hydrogen-bond acceptors (Lipinski definition) is 2. The predicted octanol–water partition coefficient (Wildman–Crippen LogP) is 5.75. The number of hydrogen-bond donors (Lipinski definition) is 1. The van der Waals surface area contributed by atoms with Crippen LogP contribution in [0.5, 0.6) is 0 Å². The lowest BCUT2D eigenvalue weighted by Crippen LogP contribution is -2.52. The number of rotatable bonds is 10. The fourth-order valence-electron chi connectivity index (χ4n) is 3.93. The highest BCUT2D eigenvalue weighted by atomic mass is 35.5. The van der Waals surface area contributed by atoms with Gasteiger partial charge in [0.05, 0.1) is 6.42 Å². The smallest absolute Gasteiger partial charge is 0.243 e. The van der Waals surface area contributed by atoms with Gasteiger partial charge in [-0.05, 0) is 49.1 Å². The molecule has 178 valence electrons. The number of carbonyl (C=O) groups excluding carboxylic acids is 2. The van der Waals surface area contributed by atoms with E-state index >= 15 is 0 Å². The molecular weight excluding hydrogens is 444 g/mol. The van der Waals surface area contributed by atoms with Gasteiger partial charge in [-0.2, -0.15) is 0 Å². The van der Waals surface area contributed by atoms with E-state index in [-0.39, 0.29) is 24.3 Å². The average molecular weight is 477 g/mol. The maximum Gasteiger partial charge on any atom is 0.243 e. The number of nitrogens with zero attached hydrogens (tertiary/aromatic N) is 1. The molecule has 0 aliphatic rings. The summed E-state index contributed by atoms with van der Waals surface area (Å²) in [6, 6.07) is 24.6. The molecule has 34 heavy (non-hydrogen) atoms. The Balaban J connectivity index is 1.97. The van der Waals surface area contributed by atoms with Crippen molar-refractivity contribution in [2.24, 2.45) is 0 Å². The first-order valence-electron chi connectivity index (χ1n) is 11.8. The van der Waals surface area contributed by atoms with E-state index in [1.807, 2.05) is 81.4 Å². The van der Waals surface area contributed by atoms with Gasteiger partial charge in [-0.25, -0.2) is 0 Å². The summed E-state index contributed by atoms with van der Waals surface area (Å²) < 4.78 is 0. The van der Waals surface area contributed by atoms with Crippen molar-refractivity contribution >= 4 is 23.4 Å². The number of nitrogens with one attached hydrogen (secondary N) is 1. The summed E-state index contributed by atoms with van der Waals surface area (Å²) >= 11 is 6.16. The van der Waals surface area contributed by atoms with E-state index in [9.17, 15) is 9.59 Å². The van der Waals surface area contributed by atoms with Crippen LogP contribution in [-0.2, 0) is 29.0 Å². The third-order valence-corrected chi connectivity index (χ3v) is 6.19. The lowest BCUT2D eigenvalue weighted by Gasteiger charge is -2.32. The van der Waals surface area contributed by atoms with Crippen molar-refractivity contribution in [3.8, 4) is 0 Å². The number of aryl methyl sites for hydroxylation is 1. The second-order valence-corrected chi connectivity index (χ2v) is 9.28. The SMILES string of the molecule is CCC(C)NC(=O)C(Cc1ccccc1)N(Cc1cccc(C)c1)C(=O)Cc1cccc(Cl)c1. The fourth-order valence-corrected chi connectivity index (χ4v) is 4.14. The third-order valence-electron chi connectivity index (χ3n) is 5.95. The molecule has 3 aromatic carbocycles. The van der Waals surface area contributed by atoms with Gasteiger partial charge in [-0.3, -0.25) is 9.59 Å². The van der Waals surface area contributed by atoms with E-state index in [4.69, 9.17) is 11.6 Å². The summed E-state index contributed by atoms with van der Waals surface area (Å²) in [5, 5.41) is 3.69. The Morgan fingerprint density at radius 3 is 2.26 bits per heavy atom. The molecule has 0 fully saturated rings. The van der Waals surface area contributed by atoms with E-state index in [0.717, 1.165) is 28.7 Å². The van der Waals surface area contributed by atoms with Gasteiger partial charge in [-0.15, -0.1) is 0 Å². The largest absolute Gasteiger partial charge is 0.352 e. The Morgan fingerprint density at radius 1 is 0.912 bits per heavy atom. The van der Waals surface area contributed by atoms with Gasteiger partial charge in [0.1, 0.15) is 6.04 Å². The van der Waals surface area contributed by atoms with Crippen LogP contribution in [0.1, 0.15) is 42.5 Å². The zero-order chi connectivity index (χ0) is 24.5. The Kier molecular flexibility index (Phi) is 9.29. The van der Waals surface area contributed by atoms with E-state index < -0.39 is 6.04 Å². The fraction of sp³-hybridized carbons (Fsp3) is 0.310. The van der Waals surface area contributed by atoms with E-state index in [2.05, 4.69) is 11.4 Å². The van der Waals surface area contributed by atoms with Crippen molar-refractivity contribution in [1.29, 1.82) is 0 Å². The van der Waals surface area contributed by atoms with E-state index in [1.165, 1.54) is 0 Å². The van der Waals surface area contributed by atoms with Crippen molar-refractivity contribution in [3.63, 3.8) is 0 Å². The van der Waals surface area contributed by atoms with Crippen LogP contribution in [0.2, 0.25) is 5.02 Å². The van der Waals surface area contributed by atoms with Gasteiger partial charge in [0.15, 0.2) is 0 Å². The monoisotopic (exact) mass is 476 g/mol. The highest BCUT2D eigenvalue weighted by molar-refractivity contribution is 6.30. The van der Waals surface area contributed by atoms with Gasteiger partial charge >= 0.3 is 0 Å². The molecule has 0 heterocycles. The highest BCUT2D eigenvalue weighted by Gasteiger charge is 2.31. The average Bonchev–Trinajstić information content (AvgIpc) is 2.81. The predicted molar refractivity (Wildman–Crippen MR) is 139 cm³/mol. The number of amides is 2. The molecule has 5 heteroatoms. The Bertz CT molecular complexity index is 1100. The van der Waals surface area contributed by atoms with Crippen LogP contribution in [0.15, 0.2) is 78.9 Å². The van der Waals surface area contributed by atoms with Crippen LogP contribution in [0, 0.1) is 6.92 Å². The molecular formula is C29H33ClN2O2. The Labute approximate surface area is 207 Å². The molecule has 0 aliphatic carbocycles. The summed E-state index contributed by atoms with van der Waals surface area (Å²) in [5.74, 6) is -0.241. The van der Waals surface area contributed by atoms with Crippen molar-refractivity contribution in [2.45, 2.75) is 58.7 Å².